The molecule has 8 nitrogen and oxygen atoms in total. The van der Waals surface area contributed by atoms with E-state index >= 15 is 0 Å². The molecule has 0 aromatic heterocycles. The fourth-order valence-corrected chi connectivity index (χ4v) is 5.34. The van der Waals surface area contributed by atoms with Crippen LogP contribution in [0, 0.1) is 5.92 Å². The van der Waals surface area contributed by atoms with Crippen LogP contribution in [0.1, 0.15) is 70.8 Å². The molecule has 206 valence electrons. The number of ether oxygens (including phenoxy) is 1. The van der Waals surface area contributed by atoms with Crippen molar-refractivity contribution >= 4 is 29.3 Å². The van der Waals surface area contributed by atoms with Crippen molar-refractivity contribution in [2.75, 3.05) is 26.3 Å². The molecule has 3 rings (SSSR count). The van der Waals surface area contributed by atoms with E-state index in [0.717, 1.165) is 44.1 Å². The number of halogens is 1. The molecule has 4 N–H and O–H groups in total. The Labute approximate surface area is 226 Å². The van der Waals surface area contributed by atoms with Crippen molar-refractivity contribution in [1.82, 2.24) is 21.3 Å². The minimum Gasteiger partial charge on any atom is -0.380 e. The van der Waals surface area contributed by atoms with Crippen molar-refractivity contribution in [3.05, 3.63) is 34.9 Å². The van der Waals surface area contributed by atoms with E-state index in [1.54, 1.807) is 6.07 Å². The zero-order chi connectivity index (χ0) is 26.7. The molecule has 1 saturated carbocycles. The van der Waals surface area contributed by atoms with Crippen LogP contribution in [0.4, 0.5) is 0 Å². The molecule has 1 aliphatic carbocycles. The van der Waals surface area contributed by atoms with E-state index in [4.69, 9.17) is 16.3 Å². The van der Waals surface area contributed by atoms with Gasteiger partial charge in [-0.1, -0.05) is 56.8 Å². The second-order valence-electron chi connectivity index (χ2n) is 10.4. The van der Waals surface area contributed by atoms with Gasteiger partial charge in [0.15, 0.2) is 0 Å². The number of hydrogen-bond acceptors (Lipinski definition) is 5. The number of nitrogens with one attached hydrogen (secondary N) is 4. The summed E-state index contributed by atoms with van der Waals surface area (Å²) >= 11 is 6.17. The van der Waals surface area contributed by atoms with Crippen molar-refractivity contribution in [1.29, 1.82) is 0 Å². The van der Waals surface area contributed by atoms with E-state index in [-0.39, 0.29) is 23.6 Å². The third-order valence-corrected chi connectivity index (χ3v) is 7.81. The minimum atomic E-state index is -1.03. The van der Waals surface area contributed by atoms with Crippen molar-refractivity contribution in [3.63, 3.8) is 0 Å². The van der Waals surface area contributed by atoms with Gasteiger partial charge in [-0.25, -0.2) is 0 Å². The van der Waals surface area contributed by atoms with E-state index in [9.17, 15) is 14.4 Å². The molecule has 1 aromatic rings. The highest BCUT2D eigenvalue weighted by atomic mass is 35.5. The Balaban J connectivity index is 1.84. The summed E-state index contributed by atoms with van der Waals surface area (Å²) in [6, 6.07) is 6.12. The largest absolute Gasteiger partial charge is 0.380 e. The van der Waals surface area contributed by atoms with Crippen LogP contribution in [0.25, 0.3) is 0 Å². The predicted molar refractivity (Wildman–Crippen MR) is 145 cm³/mol. The number of rotatable bonds is 4. The molecule has 1 saturated heterocycles. The zero-order valence-corrected chi connectivity index (χ0v) is 23.0. The molecule has 0 radical (unpaired) electrons. The quantitative estimate of drug-likeness (QED) is 0.474. The Morgan fingerprint density at radius 3 is 2.54 bits per heavy atom. The number of amides is 3. The van der Waals surface area contributed by atoms with Gasteiger partial charge in [-0.2, -0.15) is 0 Å². The SMILES string of the molecule is CC[C@H](C)[C@@H]1NCCOCCCCCNC(=O)[C@@H](Cc2cccc(Cl)c2)NC(=O)C2(CCCC2)NC1=O. The minimum absolute atomic E-state index is 0.0912. The molecule has 3 atom stereocenters. The first-order valence-corrected chi connectivity index (χ1v) is 14.2. The van der Waals surface area contributed by atoms with Gasteiger partial charge in [-0.15, -0.1) is 0 Å². The fraction of sp³-hybridized carbons (Fsp3) is 0.679. The Morgan fingerprint density at radius 1 is 1.03 bits per heavy atom. The van der Waals surface area contributed by atoms with Crippen LogP contribution in [-0.4, -0.2) is 61.6 Å². The molecule has 0 bridgehead atoms. The molecular formula is C28H43ClN4O4. The maximum Gasteiger partial charge on any atom is 0.246 e. The zero-order valence-electron chi connectivity index (χ0n) is 22.2. The van der Waals surface area contributed by atoms with E-state index in [0.29, 0.717) is 50.6 Å². The second-order valence-corrected chi connectivity index (χ2v) is 10.9. The summed E-state index contributed by atoms with van der Waals surface area (Å²) in [5, 5.41) is 13.0. The highest BCUT2D eigenvalue weighted by molar-refractivity contribution is 6.30. The van der Waals surface area contributed by atoms with Gasteiger partial charge in [-0.3, -0.25) is 14.4 Å². The molecule has 3 amide bonds. The number of carbonyl (C=O) groups excluding carboxylic acids is 3. The number of carbonyl (C=O) groups is 3. The van der Waals surface area contributed by atoms with Crippen LogP contribution >= 0.6 is 11.6 Å². The Kier molecular flexibility index (Phi) is 11.7. The van der Waals surface area contributed by atoms with Crippen molar-refractivity contribution in [3.8, 4) is 0 Å². The predicted octanol–water partition coefficient (Wildman–Crippen LogP) is 3.12. The van der Waals surface area contributed by atoms with E-state index < -0.39 is 17.6 Å². The van der Waals surface area contributed by atoms with Gasteiger partial charge >= 0.3 is 0 Å². The molecule has 37 heavy (non-hydrogen) atoms. The second kappa shape index (κ2) is 14.7. The van der Waals surface area contributed by atoms with Crippen molar-refractivity contribution < 1.29 is 19.1 Å². The standard InChI is InChI=1S/C28H43ClN4O4/c1-3-20(2)24-26(35)33-28(12-5-6-13-28)27(36)32-23(19-21-10-9-11-22(29)18-21)25(34)31-14-7-4-8-16-37-17-15-30-24/h9-11,18,20,23-24,30H,3-8,12-17,19H2,1-2H3,(H,31,34)(H,32,36)(H,33,35)/t20-,23+,24-/m0/s1. The third-order valence-electron chi connectivity index (χ3n) is 7.58. The van der Waals surface area contributed by atoms with Gasteiger partial charge in [0.2, 0.25) is 17.7 Å². The first-order chi connectivity index (χ1) is 17.8. The van der Waals surface area contributed by atoms with Crippen LogP contribution in [0.5, 0.6) is 0 Å². The number of benzene rings is 1. The van der Waals surface area contributed by atoms with Crippen LogP contribution in [0.3, 0.4) is 0 Å². The van der Waals surface area contributed by atoms with E-state index in [1.807, 2.05) is 25.1 Å². The Bertz CT molecular complexity index is 906. The normalized spacial score (nSPS) is 25.4. The first-order valence-electron chi connectivity index (χ1n) is 13.8. The Hall–Kier alpha value is -2.16. The lowest BCUT2D eigenvalue weighted by Crippen LogP contribution is -2.64. The van der Waals surface area contributed by atoms with Gasteiger partial charge in [0, 0.05) is 31.1 Å². The van der Waals surface area contributed by atoms with Gasteiger partial charge in [-0.05, 0) is 55.7 Å². The Morgan fingerprint density at radius 2 is 1.81 bits per heavy atom. The summed E-state index contributed by atoms with van der Waals surface area (Å²) in [6.07, 6.45) is 6.58. The summed E-state index contributed by atoms with van der Waals surface area (Å²) in [5.41, 5.74) is -0.169. The molecule has 9 heteroatoms. The third kappa shape index (κ3) is 8.69. The highest BCUT2D eigenvalue weighted by Gasteiger charge is 2.45. The van der Waals surface area contributed by atoms with Crippen LogP contribution < -0.4 is 21.3 Å². The summed E-state index contributed by atoms with van der Waals surface area (Å²) in [4.78, 5) is 40.5. The fourth-order valence-electron chi connectivity index (χ4n) is 5.12. The molecule has 1 aromatic carbocycles. The molecule has 0 unspecified atom stereocenters. The average molecular weight is 535 g/mol. The van der Waals surface area contributed by atoms with Crippen molar-refractivity contribution in [2.45, 2.75) is 89.3 Å². The smallest absolute Gasteiger partial charge is 0.246 e. The van der Waals surface area contributed by atoms with E-state index in [1.165, 1.54) is 0 Å². The number of hydrogen-bond donors (Lipinski definition) is 4. The summed E-state index contributed by atoms with van der Waals surface area (Å²) in [7, 11) is 0. The molecule has 2 aliphatic rings. The van der Waals surface area contributed by atoms with Crippen LogP contribution in [0.2, 0.25) is 5.02 Å². The van der Waals surface area contributed by atoms with Crippen LogP contribution in [0.15, 0.2) is 24.3 Å². The topological polar surface area (TPSA) is 109 Å². The maximum atomic E-state index is 13.8. The van der Waals surface area contributed by atoms with Gasteiger partial charge in [0.05, 0.1) is 12.6 Å². The lowest BCUT2D eigenvalue weighted by molar-refractivity contribution is -0.137. The molecule has 1 heterocycles. The molecule has 1 spiro atoms. The van der Waals surface area contributed by atoms with Crippen LogP contribution in [-0.2, 0) is 25.5 Å². The van der Waals surface area contributed by atoms with E-state index in [2.05, 4.69) is 28.2 Å². The first kappa shape index (κ1) is 29.4. The summed E-state index contributed by atoms with van der Waals surface area (Å²) < 4.78 is 5.74. The monoisotopic (exact) mass is 534 g/mol. The van der Waals surface area contributed by atoms with Crippen molar-refractivity contribution in [2.24, 2.45) is 5.92 Å². The molecule has 1 aliphatic heterocycles. The molecular weight excluding hydrogens is 492 g/mol. The average Bonchev–Trinajstić information content (AvgIpc) is 3.35. The van der Waals surface area contributed by atoms with Gasteiger partial charge in [0.25, 0.3) is 0 Å². The lowest BCUT2D eigenvalue weighted by Gasteiger charge is -2.34. The van der Waals surface area contributed by atoms with Gasteiger partial charge < -0.3 is 26.0 Å². The summed E-state index contributed by atoms with van der Waals surface area (Å²) in [5.74, 6) is -0.617. The maximum absolute atomic E-state index is 13.8. The highest BCUT2D eigenvalue weighted by Crippen LogP contribution is 2.31. The summed E-state index contributed by atoms with van der Waals surface area (Å²) in [6.45, 7) is 6.36. The van der Waals surface area contributed by atoms with Gasteiger partial charge in [0.1, 0.15) is 11.6 Å². The lowest BCUT2D eigenvalue weighted by atomic mass is 9.92. The molecule has 2 fully saturated rings.